The van der Waals surface area contributed by atoms with Crippen molar-refractivity contribution in [3.05, 3.63) is 0 Å². The molecule has 0 aliphatic heterocycles. The summed E-state index contributed by atoms with van der Waals surface area (Å²) in [5, 5.41) is 3.69. The maximum Gasteiger partial charge on any atom is 0.0478 e. The highest BCUT2D eigenvalue weighted by molar-refractivity contribution is 4.80. The molecule has 2 nitrogen and oxygen atoms in total. The van der Waals surface area contributed by atoms with Crippen LogP contribution in [0, 0.1) is 11.8 Å². The van der Waals surface area contributed by atoms with Gasteiger partial charge in [-0.3, -0.25) is 0 Å². The molecule has 0 aromatic carbocycles. The lowest BCUT2D eigenvalue weighted by Gasteiger charge is -2.33. The average Bonchev–Trinajstić information content (AvgIpc) is 2.26. The van der Waals surface area contributed by atoms with Gasteiger partial charge in [0.05, 0.1) is 0 Å². The summed E-state index contributed by atoms with van der Waals surface area (Å²) in [6, 6.07) is 0.752. The lowest BCUT2D eigenvalue weighted by atomic mass is 9.80. The molecule has 1 rings (SSSR count). The van der Waals surface area contributed by atoms with E-state index in [0.29, 0.717) is 0 Å². The van der Waals surface area contributed by atoms with Crippen LogP contribution >= 0.6 is 0 Å². The first kappa shape index (κ1) is 14.0. The summed E-state index contributed by atoms with van der Waals surface area (Å²) in [5.74, 6) is 1.78. The highest BCUT2D eigenvalue weighted by Gasteiger charge is 2.24. The second kappa shape index (κ2) is 8.08. The van der Waals surface area contributed by atoms with Crippen molar-refractivity contribution in [1.82, 2.24) is 5.32 Å². The summed E-state index contributed by atoms with van der Waals surface area (Å²) >= 11 is 0. The van der Waals surface area contributed by atoms with Crippen LogP contribution in [0.3, 0.4) is 0 Å². The van der Waals surface area contributed by atoms with Crippen molar-refractivity contribution in [3.63, 3.8) is 0 Å². The molecule has 0 bridgehead atoms. The van der Waals surface area contributed by atoms with E-state index in [9.17, 15) is 0 Å². The molecule has 2 heteroatoms. The monoisotopic (exact) mass is 227 g/mol. The Bertz CT molecular complexity index is 172. The van der Waals surface area contributed by atoms with Crippen molar-refractivity contribution in [2.75, 3.05) is 19.8 Å². The molecule has 96 valence electrons. The fourth-order valence-corrected chi connectivity index (χ4v) is 2.68. The van der Waals surface area contributed by atoms with Crippen molar-refractivity contribution < 1.29 is 4.74 Å². The molecule has 0 heterocycles. The van der Waals surface area contributed by atoms with E-state index >= 15 is 0 Å². The molecule has 0 aromatic heterocycles. The third-order valence-electron chi connectivity index (χ3n) is 3.65. The molecule has 0 amide bonds. The Morgan fingerprint density at radius 2 is 2.00 bits per heavy atom. The molecule has 16 heavy (non-hydrogen) atoms. The minimum absolute atomic E-state index is 0.752. The quantitative estimate of drug-likeness (QED) is 0.674. The zero-order chi connectivity index (χ0) is 11.8. The second-order valence-corrected chi connectivity index (χ2v) is 5.42. The zero-order valence-electron chi connectivity index (χ0n) is 11.3. The molecule has 0 aromatic rings. The lowest BCUT2D eigenvalue weighted by Crippen LogP contribution is -2.39. The van der Waals surface area contributed by atoms with Crippen LogP contribution in [-0.4, -0.2) is 25.8 Å². The van der Waals surface area contributed by atoms with Crippen LogP contribution in [0.4, 0.5) is 0 Å². The predicted octanol–water partition coefficient (Wildman–Crippen LogP) is 3.22. The molecule has 1 N–H and O–H groups in total. The number of rotatable bonds is 7. The van der Waals surface area contributed by atoms with Crippen LogP contribution in [-0.2, 0) is 4.74 Å². The standard InChI is InChI=1S/C14H29NO/c1-4-9-16-10-5-8-15-14-7-6-12(2)11-13(14)3/h12-15H,4-11H2,1-3H3. The fraction of sp³-hybridized carbons (Fsp3) is 1.00. The Balaban J connectivity index is 2.00. The van der Waals surface area contributed by atoms with E-state index in [2.05, 4.69) is 26.1 Å². The van der Waals surface area contributed by atoms with Gasteiger partial charge in [-0.05, 0) is 50.5 Å². The molecule has 0 saturated heterocycles. The van der Waals surface area contributed by atoms with Crippen molar-refractivity contribution in [1.29, 1.82) is 0 Å². The second-order valence-electron chi connectivity index (χ2n) is 5.42. The van der Waals surface area contributed by atoms with Crippen LogP contribution < -0.4 is 5.32 Å². The summed E-state index contributed by atoms with van der Waals surface area (Å²) in [4.78, 5) is 0. The maximum absolute atomic E-state index is 5.48. The summed E-state index contributed by atoms with van der Waals surface area (Å²) in [5.41, 5.74) is 0. The Morgan fingerprint density at radius 1 is 1.19 bits per heavy atom. The predicted molar refractivity (Wildman–Crippen MR) is 69.7 cm³/mol. The SMILES string of the molecule is CCCOCCCNC1CCC(C)CC1C. The molecule has 0 spiro atoms. The van der Waals surface area contributed by atoms with E-state index < -0.39 is 0 Å². The molecule has 3 unspecified atom stereocenters. The van der Waals surface area contributed by atoms with Gasteiger partial charge >= 0.3 is 0 Å². The largest absolute Gasteiger partial charge is 0.381 e. The molecule has 0 radical (unpaired) electrons. The first-order valence-corrected chi connectivity index (χ1v) is 7.05. The summed E-state index contributed by atoms with van der Waals surface area (Å²) < 4.78 is 5.48. The van der Waals surface area contributed by atoms with Gasteiger partial charge in [-0.2, -0.15) is 0 Å². The van der Waals surface area contributed by atoms with Crippen LogP contribution in [0.15, 0.2) is 0 Å². The van der Waals surface area contributed by atoms with E-state index in [-0.39, 0.29) is 0 Å². The van der Waals surface area contributed by atoms with Gasteiger partial charge in [-0.25, -0.2) is 0 Å². The van der Waals surface area contributed by atoms with Gasteiger partial charge in [0, 0.05) is 19.3 Å². The van der Waals surface area contributed by atoms with Gasteiger partial charge in [0.2, 0.25) is 0 Å². The Labute approximate surface area is 101 Å². The third kappa shape index (κ3) is 5.31. The first-order chi connectivity index (χ1) is 7.74. The van der Waals surface area contributed by atoms with Crippen LogP contribution in [0.5, 0.6) is 0 Å². The average molecular weight is 227 g/mol. The van der Waals surface area contributed by atoms with Crippen LogP contribution in [0.25, 0.3) is 0 Å². The van der Waals surface area contributed by atoms with Gasteiger partial charge < -0.3 is 10.1 Å². The highest BCUT2D eigenvalue weighted by atomic mass is 16.5. The lowest BCUT2D eigenvalue weighted by molar-refractivity contribution is 0.129. The normalized spacial score (nSPS) is 30.6. The highest BCUT2D eigenvalue weighted by Crippen LogP contribution is 2.28. The van der Waals surface area contributed by atoms with Crippen LogP contribution in [0.1, 0.15) is 52.9 Å². The molecule has 3 atom stereocenters. The van der Waals surface area contributed by atoms with Gasteiger partial charge in [0.25, 0.3) is 0 Å². The van der Waals surface area contributed by atoms with Gasteiger partial charge in [0.15, 0.2) is 0 Å². The van der Waals surface area contributed by atoms with E-state index in [1.54, 1.807) is 0 Å². The van der Waals surface area contributed by atoms with E-state index in [1.165, 1.54) is 19.3 Å². The van der Waals surface area contributed by atoms with Crippen LogP contribution in [0.2, 0.25) is 0 Å². The van der Waals surface area contributed by atoms with E-state index in [0.717, 1.165) is 50.5 Å². The molecular weight excluding hydrogens is 198 g/mol. The van der Waals surface area contributed by atoms with Crippen molar-refractivity contribution in [2.24, 2.45) is 11.8 Å². The molecule has 1 fully saturated rings. The Hall–Kier alpha value is -0.0800. The molecular formula is C14H29NO. The fourth-order valence-electron chi connectivity index (χ4n) is 2.68. The molecule has 1 aliphatic carbocycles. The summed E-state index contributed by atoms with van der Waals surface area (Å²) in [6.07, 6.45) is 6.43. The topological polar surface area (TPSA) is 21.3 Å². The van der Waals surface area contributed by atoms with Crippen molar-refractivity contribution >= 4 is 0 Å². The minimum atomic E-state index is 0.752. The Kier molecular flexibility index (Phi) is 7.06. The van der Waals surface area contributed by atoms with E-state index in [1.807, 2.05) is 0 Å². The molecule has 1 saturated carbocycles. The zero-order valence-corrected chi connectivity index (χ0v) is 11.3. The van der Waals surface area contributed by atoms with Crippen molar-refractivity contribution in [3.8, 4) is 0 Å². The Morgan fingerprint density at radius 3 is 2.69 bits per heavy atom. The summed E-state index contributed by atoms with van der Waals surface area (Å²) in [6.45, 7) is 9.87. The van der Waals surface area contributed by atoms with Gasteiger partial charge in [0.1, 0.15) is 0 Å². The number of hydrogen-bond donors (Lipinski definition) is 1. The van der Waals surface area contributed by atoms with Gasteiger partial charge in [-0.1, -0.05) is 20.8 Å². The first-order valence-electron chi connectivity index (χ1n) is 7.05. The number of ether oxygens (including phenoxy) is 1. The van der Waals surface area contributed by atoms with Gasteiger partial charge in [-0.15, -0.1) is 0 Å². The third-order valence-corrected chi connectivity index (χ3v) is 3.65. The summed E-state index contributed by atoms with van der Waals surface area (Å²) in [7, 11) is 0. The molecule has 1 aliphatic rings. The minimum Gasteiger partial charge on any atom is -0.381 e. The number of hydrogen-bond acceptors (Lipinski definition) is 2. The smallest absolute Gasteiger partial charge is 0.0478 e. The number of nitrogens with one attached hydrogen (secondary N) is 1. The van der Waals surface area contributed by atoms with E-state index in [4.69, 9.17) is 4.74 Å². The maximum atomic E-state index is 5.48. The van der Waals surface area contributed by atoms with Crippen molar-refractivity contribution in [2.45, 2.75) is 58.9 Å².